The normalized spacial score (nSPS) is 10.8. The Morgan fingerprint density at radius 3 is 2.35 bits per heavy atom. The van der Waals surface area contributed by atoms with Crippen molar-refractivity contribution in [3.63, 3.8) is 0 Å². The van der Waals surface area contributed by atoms with Crippen LogP contribution < -0.4 is 5.32 Å². The van der Waals surface area contributed by atoms with Gasteiger partial charge in [-0.2, -0.15) is 5.10 Å². The van der Waals surface area contributed by atoms with Crippen LogP contribution in [0.25, 0.3) is 0 Å². The van der Waals surface area contributed by atoms with E-state index in [9.17, 15) is 4.79 Å². The van der Waals surface area contributed by atoms with Crippen LogP contribution in [0.3, 0.4) is 0 Å². The Hall–Kier alpha value is -1.24. The van der Waals surface area contributed by atoms with Gasteiger partial charge in [0, 0.05) is 21.3 Å². The summed E-state index contributed by atoms with van der Waals surface area (Å²) >= 11 is 27.4. The fourth-order valence-corrected chi connectivity index (χ4v) is 3.61. The van der Waals surface area contributed by atoms with Crippen LogP contribution in [-0.2, 0) is 6.54 Å². The number of hydrogen-bond donors (Lipinski definition) is 1. The minimum Gasteiger partial charge on any atom is -0.304 e. The average Bonchev–Trinajstić information content (AvgIpc) is 2.89. The Balaban J connectivity index is 1.78. The minimum absolute atomic E-state index is 0.263. The van der Waals surface area contributed by atoms with Crippen molar-refractivity contribution in [1.82, 2.24) is 9.78 Å². The van der Waals surface area contributed by atoms with Crippen molar-refractivity contribution in [3.8, 4) is 0 Å². The Kier molecular flexibility index (Phi) is 6.15. The molecule has 0 saturated carbocycles. The topological polar surface area (TPSA) is 46.9 Å². The van der Waals surface area contributed by atoms with E-state index in [1.54, 1.807) is 35.1 Å². The summed E-state index contributed by atoms with van der Waals surface area (Å²) in [6, 6.07) is 9.91. The number of nitrogens with one attached hydrogen (secondary N) is 1. The maximum Gasteiger partial charge on any atom is 0.258 e. The second-order valence-corrected chi connectivity index (χ2v) is 7.88. The van der Waals surface area contributed by atoms with Crippen LogP contribution in [-0.4, -0.2) is 15.7 Å². The molecule has 0 saturated heterocycles. The van der Waals surface area contributed by atoms with Crippen LogP contribution in [0.2, 0.25) is 20.1 Å². The van der Waals surface area contributed by atoms with E-state index in [0.717, 1.165) is 5.56 Å². The first-order valence-corrected chi connectivity index (χ1v) is 9.57. The number of hydrogen-bond acceptors (Lipinski definition) is 2. The molecule has 1 N–H and O–H groups in total. The summed E-state index contributed by atoms with van der Waals surface area (Å²) in [5.41, 5.74) is 1.16. The number of halogens is 5. The number of nitrogens with zero attached hydrogens (tertiary/aromatic N) is 2. The molecule has 3 aromatic rings. The van der Waals surface area contributed by atoms with Crippen molar-refractivity contribution in [3.05, 3.63) is 78.3 Å². The van der Waals surface area contributed by atoms with E-state index in [-0.39, 0.29) is 10.9 Å². The molecule has 4 nitrogen and oxygen atoms in total. The molecule has 0 aliphatic rings. The van der Waals surface area contributed by atoms with Gasteiger partial charge in [0.15, 0.2) is 5.82 Å². The van der Waals surface area contributed by atoms with Crippen molar-refractivity contribution < 1.29 is 4.79 Å². The molecule has 0 spiro atoms. The second kappa shape index (κ2) is 8.19. The van der Waals surface area contributed by atoms with E-state index in [4.69, 9.17) is 46.4 Å². The lowest BCUT2D eigenvalue weighted by Crippen LogP contribution is -2.13. The maximum absolute atomic E-state index is 12.4. The molecule has 1 heterocycles. The molecular formula is C17H10BrCl4N3O. The summed E-state index contributed by atoms with van der Waals surface area (Å²) in [6.07, 6.45) is 1.74. The molecule has 3 rings (SSSR count). The highest BCUT2D eigenvalue weighted by Gasteiger charge is 2.15. The number of anilines is 1. The third-order valence-corrected chi connectivity index (χ3v) is 5.19. The van der Waals surface area contributed by atoms with Gasteiger partial charge in [-0.05, 0) is 51.8 Å². The summed E-state index contributed by atoms with van der Waals surface area (Å²) in [4.78, 5) is 12.4. The van der Waals surface area contributed by atoms with E-state index in [1.807, 2.05) is 6.07 Å². The van der Waals surface area contributed by atoms with E-state index in [1.165, 1.54) is 6.07 Å². The van der Waals surface area contributed by atoms with Gasteiger partial charge in [-0.1, -0.05) is 52.5 Å². The predicted molar refractivity (Wildman–Crippen MR) is 110 cm³/mol. The highest BCUT2D eigenvalue weighted by atomic mass is 79.9. The van der Waals surface area contributed by atoms with E-state index < -0.39 is 0 Å². The molecule has 2 aromatic carbocycles. The molecule has 0 fully saturated rings. The fraction of sp³-hybridized carbons (Fsp3) is 0.0588. The number of carbonyl (C=O) groups is 1. The first kappa shape index (κ1) is 19.5. The Bertz CT molecular complexity index is 990. The lowest BCUT2D eigenvalue weighted by Gasteiger charge is -2.06. The number of aromatic nitrogens is 2. The summed E-state index contributed by atoms with van der Waals surface area (Å²) in [5, 5.41) is 8.90. The Morgan fingerprint density at radius 2 is 1.69 bits per heavy atom. The zero-order valence-corrected chi connectivity index (χ0v) is 17.6. The first-order valence-electron chi connectivity index (χ1n) is 7.27. The Labute approximate surface area is 178 Å². The van der Waals surface area contributed by atoms with Crippen LogP contribution in [0.1, 0.15) is 15.9 Å². The second-order valence-electron chi connectivity index (χ2n) is 5.34. The van der Waals surface area contributed by atoms with Crippen LogP contribution in [0.5, 0.6) is 0 Å². The summed E-state index contributed by atoms with van der Waals surface area (Å²) < 4.78 is 2.28. The zero-order chi connectivity index (χ0) is 18.8. The van der Waals surface area contributed by atoms with Gasteiger partial charge in [0.2, 0.25) is 0 Å². The first-order chi connectivity index (χ1) is 12.3. The van der Waals surface area contributed by atoms with E-state index in [2.05, 4.69) is 26.3 Å². The quantitative estimate of drug-likeness (QED) is 0.447. The number of amides is 1. The van der Waals surface area contributed by atoms with Crippen LogP contribution in [0.15, 0.2) is 47.1 Å². The highest BCUT2D eigenvalue weighted by Crippen LogP contribution is 2.26. The molecule has 0 aliphatic heterocycles. The molecule has 26 heavy (non-hydrogen) atoms. The van der Waals surface area contributed by atoms with Crippen LogP contribution in [0, 0.1) is 0 Å². The molecular weight excluding hydrogens is 484 g/mol. The van der Waals surface area contributed by atoms with Crippen LogP contribution >= 0.6 is 62.3 Å². The van der Waals surface area contributed by atoms with Gasteiger partial charge >= 0.3 is 0 Å². The van der Waals surface area contributed by atoms with Gasteiger partial charge < -0.3 is 5.32 Å². The van der Waals surface area contributed by atoms with Gasteiger partial charge in [0.1, 0.15) is 0 Å². The monoisotopic (exact) mass is 491 g/mol. The van der Waals surface area contributed by atoms with E-state index >= 15 is 0 Å². The molecule has 9 heteroatoms. The average molecular weight is 494 g/mol. The van der Waals surface area contributed by atoms with Crippen LogP contribution in [0.4, 0.5) is 5.82 Å². The molecule has 0 radical (unpaired) electrons. The van der Waals surface area contributed by atoms with Gasteiger partial charge in [-0.15, -0.1) is 0 Å². The summed E-state index contributed by atoms with van der Waals surface area (Å²) in [6.45, 7) is 0.423. The smallest absolute Gasteiger partial charge is 0.258 e. The third kappa shape index (κ3) is 4.53. The van der Waals surface area contributed by atoms with E-state index in [0.29, 0.717) is 37.5 Å². The standard InChI is InChI=1S/C17H10BrCl4N3O/c18-13-8-25(7-9-1-2-10(19)5-14(9)21)24-16(13)23-17(26)12-4-3-11(20)6-15(12)22/h1-6,8H,7H2,(H,23,24,26). The largest absolute Gasteiger partial charge is 0.304 e. The number of carbonyl (C=O) groups excluding carboxylic acids is 1. The van der Waals surface area contributed by atoms with Gasteiger partial charge in [0.25, 0.3) is 5.91 Å². The lowest BCUT2D eigenvalue weighted by molar-refractivity contribution is 0.102. The molecule has 0 aliphatic carbocycles. The molecule has 0 bridgehead atoms. The molecule has 0 unspecified atom stereocenters. The third-order valence-electron chi connectivity index (χ3n) is 3.47. The lowest BCUT2D eigenvalue weighted by atomic mass is 10.2. The van der Waals surface area contributed by atoms with Crippen molar-refractivity contribution in [1.29, 1.82) is 0 Å². The van der Waals surface area contributed by atoms with Gasteiger partial charge in [0.05, 0.1) is 21.6 Å². The Morgan fingerprint density at radius 1 is 1.04 bits per heavy atom. The maximum atomic E-state index is 12.4. The van der Waals surface area contributed by atoms with Gasteiger partial charge in [-0.25, -0.2) is 0 Å². The van der Waals surface area contributed by atoms with Gasteiger partial charge in [-0.3, -0.25) is 9.48 Å². The predicted octanol–water partition coefficient (Wildman–Crippen LogP) is 6.56. The molecule has 1 aromatic heterocycles. The summed E-state index contributed by atoms with van der Waals surface area (Å²) in [7, 11) is 0. The molecule has 1 amide bonds. The van der Waals surface area contributed by atoms with Crippen molar-refractivity contribution in [2.24, 2.45) is 0 Å². The SMILES string of the molecule is O=C(Nc1nn(Cc2ccc(Cl)cc2Cl)cc1Br)c1ccc(Cl)cc1Cl. The molecule has 0 atom stereocenters. The fourth-order valence-electron chi connectivity index (χ4n) is 2.24. The summed E-state index contributed by atoms with van der Waals surface area (Å²) in [5.74, 6) is -0.0201. The van der Waals surface area contributed by atoms with Crippen molar-refractivity contribution in [2.75, 3.05) is 5.32 Å². The zero-order valence-electron chi connectivity index (χ0n) is 12.9. The highest BCUT2D eigenvalue weighted by molar-refractivity contribution is 9.10. The number of rotatable bonds is 4. The number of benzene rings is 2. The molecule has 134 valence electrons. The van der Waals surface area contributed by atoms with Crippen molar-refractivity contribution >= 4 is 74.1 Å². The van der Waals surface area contributed by atoms with Crippen molar-refractivity contribution in [2.45, 2.75) is 6.54 Å². The minimum atomic E-state index is -0.387.